The molecule has 0 unspecified atom stereocenters. The average Bonchev–Trinajstić information content (AvgIpc) is 2.41. The van der Waals surface area contributed by atoms with Crippen molar-refractivity contribution in [3.8, 4) is 5.75 Å². The second-order valence-corrected chi connectivity index (χ2v) is 3.53. The highest BCUT2D eigenvalue weighted by molar-refractivity contribution is 5.50. The molecule has 0 saturated heterocycles. The number of hydrogen-bond donors (Lipinski definition) is 0. The zero-order chi connectivity index (χ0) is 11.8. The van der Waals surface area contributed by atoms with Crippen molar-refractivity contribution in [2.24, 2.45) is 0 Å². The van der Waals surface area contributed by atoms with Gasteiger partial charge in [-0.15, -0.1) is 0 Å². The van der Waals surface area contributed by atoms with Crippen LogP contribution in [0.15, 0.2) is 79.1 Å². The Morgan fingerprint density at radius 3 is 2.06 bits per heavy atom. The van der Waals surface area contributed by atoms with Gasteiger partial charge in [-0.2, -0.15) is 0 Å². The van der Waals surface area contributed by atoms with Gasteiger partial charge in [-0.3, -0.25) is 0 Å². The van der Waals surface area contributed by atoms with E-state index in [0.29, 0.717) is 0 Å². The molecule has 0 aliphatic carbocycles. The van der Waals surface area contributed by atoms with Gasteiger partial charge in [-0.05, 0) is 23.8 Å². The molecule has 0 amide bonds. The molecular formula is C16H14O. The minimum absolute atomic E-state index is 0.844. The molecule has 0 radical (unpaired) electrons. The molecule has 0 aliphatic rings. The smallest absolute Gasteiger partial charge is 0.126 e. The number of para-hydroxylation sites is 1. The fourth-order valence-corrected chi connectivity index (χ4v) is 1.39. The summed E-state index contributed by atoms with van der Waals surface area (Å²) in [6.07, 6.45) is 7.54. The highest BCUT2D eigenvalue weighted by Gasteiger charge is 1.84. The Kier molecular flexibility index (Phi) is 4.18. The first-order valence-corrected chi connectivity index (χ1v) is 5.55. The lowest BCUT2D eigenvalue weighted by Crippen LogP contribution is -1.79. The van der Waals surface area contributed by atoms with Crippen molar-refractivity contribution in [3.63, 3.8) is 0 Å². The van der Waals surface area contributed by atoms with E-state index in [4.69, 9.17) is 4.74 Å². The second kappa shape index (κ2) is 6.33. The lowest BCUT2D eigenvalue weighted by molar-refractivity contribution is 0.481. The van der Waals surface area contributed by atoms with E-state index >= 15 is 0 Å². The molecule has 2 aromatic carbocycles. The maximum atomic E-state index is 5.41. The van der Waals surface area contributed by atoms with Crippen molar-refractivity contribution in [1.29, 1.82) is 0 Å². The fraction of sp³-hybridized carbons (Fsp3) is 0. The third kappa shape index (κ3) is 3.99. The summed E-state index contributed by atoms with van der Waals surface area (Å²) < 4.78 is 5.41. The topological polar surface area (TPSA) is 9.23 Å². The Hall–Kier alpha value is -2.28. The predicted octanol–water partition coefficient (Wildman–Crippen LogP) is 4.29. The summed E-state index contributed by atoms with van der Waals surface area (Å²) in [6.45, 7) is 0. The number of benzene rings is 2. The standard InChI is InChI=1S/C16H14O/c1-3-9-15(10-4-1)11-7-8-14-17-16-12-5-2-6-13-16/h1-14H/b11-7+,14-8-. The van der Waals surface area contributed by atoms with Crippen molar-refractivity contribution >= 4 is 6.08 Å². The van der Waals surface area contributed by atoms with Gasteiger partial charge >= 0.3 is 0 Å². The van der Waals surface area contributed by atoms with Gasteiger partial charge in [0, 0.05) is 0 Å². The van der Waals surface area contributed by atoms with Crippen molar-refractivity contribution in [3.05, 3.63) is 84.6 Å². The van der Waals surface area contributed by atoms with Crippen LogP contribution in [0.4, 0.5) is 0 Å². The van der Waals surface area contributed by atoms with Crippen molar-refractivity contribution in [1.82, 2.24) is 0 Å². The third-order valence-corrected chi connectivity index (χ3v) is 2.23. The maximum Gasteiger partial charge on any atom is 0.126 e. The number of hydrogen-bond acceptors (Lipinski definition) is 1. The lowest BCUT2D eigenvalue weighted by atomic mass is 10.2. The Labute approximate surface area is 102 Å². The predicted molar refractivity (Wildman–Crippen MR) is 71.7 cm³/mol. The molecule has 17 heavy (non-hydrogen) atoms. The van der Waals surface area contributed by atoms with E-state index < -0.39 is 0 Å². The molecular weight excluding hydrogens is 208 g/mol. The highest BCUT2D eigenvalue weighted by atomic mass is 16.5. The largest absolute Gasteiger partial charge is 0.465 e. The molecule has 0 N–H and O–H groups in total. The van der Waals surface area contributed by atoms with Gasteiger partial charge in [0.25, 0.3) is 0 Å². The van der Waals surface area contributed by atoms with E-state index in [1.165, 1.54) is 5.56 Å². The van der Waals surface area contributed by atoms with Crippen LogP contribution in [0.5, 0.6) is 5.75 Å². The highest BCUT2D eigenvalue weighted by Crippen LogP contribution is 2.08. The molecule has 2 aromatic rings. The van der Waals surface area contributed by atoms with Crippen LogP contribution in [0.3, 0.4) is 0 Å². The molecule has 0 fully saturated rings. The van der Waals surface area contributed by atoms with Gasteiger partial charge in [0.1, 0.15) is 5.75 Å². The summed E-state index contributed by atoms with van der Waals surface area (Å²) in [5.74, 6) is 0.844. The first-order valence-electron chi connectivity index (χ1n) is 5.55. The molecule has 0 aromatic heterocycles. The molecule has 0 bridgehead atoms. The van der Waals surface area contributed by atoms with Crippen molar-refractivity contribution in [2.45, 2.75) is 0 Å². The quantitative estimate of drug-likeness (QED) is 0.553. The normalized spacial score (nSPS) is 11.1. The van der Waals surface area contributed by atoms with Crippen LogP contribution in [-0.4, -0.2) is 0 Å². The van der Waals surface area contributed by atoms with Crippen molar-refractivity contribution < 1.29 is 4.74 Å². The lowest BCUT2D eigenvalue weighted by Gasteiger charge is -1.96. The molecule has 0 saturated carbocycles. The summed E-state index contributed by atoms with van der Waals surface area (Å²) in [5.41, 5.74) is 1.18. The van der Waals surface area contributed by atoms with Gasteiger partial charge in [-0.25, -0.2) is 0 Å². The minimum Gasteiger partial charge on any atom is -0.465 e. The molecule has 0 heterocycles. The second-order valence-electron chi connectivity index (χ2n) is 3.53. The average molecular weight is 222 g/mol. The Balaban J connectivity index is 1.85. The molecule has 1 nitrogen and oxygen atoms in total. The molecule has 2 rings (SSSR count). The van der Waals surface area contributed by atoms with Gasteiger partial charge in [0.2, 0.25) is 0 Å². The molecule has 0 spiro atoms. The van der Waals surface area contributed by atoms with Crippen LogP contribution in [0.1, 0.15) is 5.56 Å². The zero-order valence-corrected chi connectivity index (χ0v) is 9.49. The van der Waals surface area contributed by atoms with Gasteiger partial charge < -0.3 is 4.74 Å². The van der Waals surface area contributed by atoms with E-state index in [1.54, 1.807) is 6.26 Å². The Morgan fingerprint density at radius 1 is 0.706 bits per heavy atom. The summed E-state index contributed by atoms with van der Waals surface area (Å²) in [6, 6.07) is 19.9. The first kappa shape index (κ1) is 11.2. The van der Waals surface area contributed by atoms with E-state index in [2.05, 4.69) is 12.1 Å². The molecule has 0 atom stereocenters. The van der Waals surface area contributed by atoms with Gasteiger partial charge in [0.15, 0.2) is 0 Å². The van der Waals surface area contributed by atoms with Crippen molar-refractivity contribution in [2.75, 3.05) is 0 Å². The van der Waals surface area contributed by atoms with Crippen LogP contribution in [-0.2, 0) is 0 Å². The minimum atomic E-state index is 0.844. The molecule has 1 heteroatoms. The van der Waals surface area contributed by atoms with E-state index in [9.17, 15) is 0 Å². The number of ether oxygens (including phenoxy) is 1. The van der Waals surface area contributed by atoms with E-state index in [1.807, 2.05) is 66.8 Å². The van der Waals surface area contributed by atoms with Gasteiger partial charge in [0.05, 0.1) is 6.26 Å². The van der Waals surface area contributed by atoms with E-state index in [0.717, 1.165) is 5.75 Å². The third-order valence-electron chi connectivity index (χ3n) is 2.23. The summed E-state index contributed by atoms with van der Waals surface area (Å²) in [5, 5.41) is 0. The summed E-state index contributed by atoms with van der Waals surface area (Å²) in [7, 11) is 0. The van der Waals surface area contributed by atoms with Crippen LogP contribution < -0.4 is 4.74 Å². The van der Waals surface area contributed by atoms with Crippen LogP contribution >= 0.6 is 0 Å². The fourth-order valence-electron chi connectivity index (χ4n) is 1.39. The monoisotopic (exact) mass is 222 g/mol. The van der Waals surface area contributed by atoms with Crippen LogP contribution in [0.2, 0.25) is 0 Å². The summed E-state index contributed by atoms with van der Waals surface area (Å²) >= 11 is 0. The SMILES string of the molecule is C(=C/Oc1ccccc1)/C=C/c1ccccc1. The molecule has 0 aliphatic heterocycles. The number of rotatable bonds is 4. The summed E-state index contributed by atoms with van der Waals surface area (Å²) in [4.78, 5) is 0. The van der Waals surface area contributed by atoms with E-state index in [-0.39, 0.29) is 0 Å². The van der Waals surface area contributed by atoms with Crippen LogP contribution in [0, 0.1) is 0 Å². The molecule has 84 valence electrons. The van der Waals surface area contributed by atoms with Gasteiger partial charge in [-0.1, -0.05) is 60.7 Å². The zero-order valence-electron chi connectivity index (χ0n) is 9.49. The van der Waals surface area contributed by atoms with Crippen LogP contribution in [0.25, 0.3) is 6.08 Å². The Bertz CT molecular complexity index is 483. The maximum absolute atomic E-state index is 5.41. The number of allylic oxidation sites excluding steroid dienone is 2. The first-order chi connectivity index (χ1) is 8.45. The Morgan fingerprint density at radius 2 is 1.35 bits per heavy atom.